The Morgan fingerprint density at radius 2 is 1.84 bits per heavy atom. The Bertz CT molecular complexity index is 754. The minimum Gasteiger partial charge on any atom is -0.368 e. The Kier molecular flexibility index (Phi) is 5.49. The highest BCUT2D eigenvalue weighted by molar-refractivity contribution is 6.30. The molecule has 2 aromatic carbocycles. The molecule has 0 unspecified atom stereocenters. The summed E-state index contributed by atoms with van der Waals surface area (Å²) in [6.45, 7) is 7.15. The largest absolute Gasteiger partial charge is 0.368 e. The zero-order chi connectivity index (χ0) is 17.8. The van der Waals surface area contributed by atoms with Crippen molar-refractivity contribution in [1.29, 1.82) is 0 Å². The topological polar surface area (TPSA) is 35.6 Å². The second-order valence-corrected chi connectivity index (χ2v) is 6.78. The molecule has 25 heavy (non-hydrogen) atoms. The third kappa shape index (κ3) is 4.07. The number of hydrogen-bond acceptors (Lipinski definition) is 2. The van der Waals surface area contributed by atoms with Crippen molar-refractivity contribution in [2.45, 2.75) is 20.3 Å². The lowest BCUT2D eigenvalue weighted by Crippen LogP contribution is -2.50. The van der Waals surface area contributed by atoms with Gasteiger partial charge in [-0.2, -0.15) is 0 Å². The zero-order valence-electron chi connectivity index (χ0n) is 14.8. The van der Waals surface area contributed by atoms with Gasteiger partial charge in [-0.25, -0.2) is 4.79 Å². The highest BCUT2D eigenvalue weighted by Gasteiger charge is 2.22. The van der Waals surface area contributed by atoms with E-state index >= 15 is 0 Å². The number of carbonyl (C=O) groups is 1. The summed E-state index contributed by atoms with van der Waals surface area (Å²) in [5.74, 6) is 0. The van der Waals surface area contributed by atoms with Crippen molar-refractivity contribution in [3.63, 3.8) is 0 Å². The van der Waals surface area contributed by atoms with E-state index in [1.807, 2.05) is 42.2 Å². The average molecular weight is 358 g/mol. The van der Waals surface area contributed by atoms with Crippen molar-refractivity contribution in [3.8, 4) is 0 Å². The van der Waals surface area contributed by atoms with Crippen LogP contribution in [-0.4, -0.2) is 37.1 Å². The standard InChI is InChI=1S/C20H24ClN3O/c1-3-16-7-4-6-15(2)19(16)22-20(25)24-12-10-23(11-13-24)18-9-5-8-17(21)14-18/h4-9,14H,3,10-13H2,1-2H3,(H,22,25). The zero-order valence-corrected chi connectivity index (χ0v) is 15.5. The molecule has 0 spiro atoms. The quantitative estimate of drug-likeness (QED) is 0.873. The predicted octanol–water partition coefficient (Wildman–Crippen LogP) is 4.56. The summed E-state index contributed by atoms with van der Waals surface area (Å²) in [6, 6.07) is 14.0. The van der Waals surface area contributed by atoms with E-state index in [2.05, 4.69) is 29.3 Å². The highest BCUT2D eigenvalue weighted by Crippen LogP contribution is 2.23. The van der Waals surface area contributed by atoms with E-state index in [0.29, 0.717) is 13.1 Å². The van der Waals surface area contributed by atoms with Crippen LogP contribution in [0.3, 0.4) is 0 Å². The number of rotatable bonds is 3. The third-order valence-corrected chi connectivity index (χ3v) is 4.95. The maximum absolute atomic E-state index is 12.7. The van der Waals surface area contributed by atoms with Crippen molar-refractivity contribution in [2.24, 2.45) is 0 Å². The average Bonchev–Trinajstić information content (AvgIpc) is 2.63. The molecule has 0 bridgehead atoms. The fourth-order valence-corrected chi connectivity index (χ4v) is 3.41. The van der Waals surface area contributed by atoms with Gasteiger partial charge < -0.3 is 15.1 Å². The molecule has 1 heterocycles. The second-order valence-electron chi connectivity index (χ2n) is 6.35. The maximum Gasteiger partial charge on any atom is 0.321 e. The van der Waals surface area contributed by atoms with Crippen LogP contribution in [0.4, 0.5) is 16.2 Å². The van der Waals surface area contributed by atoms with Crippen LogP contribution in [0.5, 0.6) is 0 Å². The normalized spacial score (nSPS) is 14.5. The van der Waals surface area contributed by atoms with E-state index in [0.717, 1.165) is 41.5 Å². The summed E-state index contributed by atoms with van der Waals surface area (Å²) in [4.78, 5) is 16.8. The summed E-state index contributed by atoms with van der Waals surface area (Å²) >= 11 is 6.08. The molecule has 1 N–H and O–H groups in total. The number of aryl methyl sites for hydroxylation is 2. The molecule has 132 valence electrons. The summed E-state index contributed by atoms with van der Waals surface area (Å²) < 4.78 is 0. The fraction of sp³-hybridized carbons (Fsp3) is 0.350. The number of halogens is 1. The molecule has 0 aliphatic carbocycles. The molecule has 1 fully saturated rings. The number of hydrogen-bond donors (Lipinski definition) is 1. The molecule has 2 aromatic rings. The molecular weight excluding hydrogens is 334 g/mol. The first-order chi connectivity index (χ1) is 12.1. The number of amides is 2. The SMILES string of the molecule is CCc1cccc(C)c1NC(=O)N1CCN(c2cccc(Cl)c2)CC1. The molecule has 0 saturated carbocycles. The Labute approximate surface area is 154 Å². The number of nitrogens with one attached hydrogen (secondary N) is 1. The van der Waals surface area contributed by atoms with Crippen LogP contribution in [0.2, 0.25) is 5.02 Å². The monoisotopic (exact) mass is 357 g/mol. The number of para-hydroxylation sites is 1. The summed E-state index contributed by atoms with van der Waals surface area (Å²) in [6.07, 6.45) is 0.903. The summed E-state index contributed by atoms with van der Waals surface area (Å²) in [7, 11) is 0. The molecule has 0 atom stereocenters. The number of piperazine rings is 1. The van der Waals surface area contributed by atoms with Gasteiger partial charge in [0.05, 0.1) is 0 Å². The van der Waals surface area contributed by atoms with Crippen LogP contribution in [-0.2, 0) is 6.42 Å². The molecule has 1 saturated heterocycles. The van der Waals surface area contributed by atoms with Gasteiger partial charge in [0.1, 0.15) is 0 Å². The number of carbonyl (C=O) groups excluding carboxylic acids is 1. The summed E-state index contributed by atoms with van der Waals surface area (Å²) in [5.41, 5.74) is 4.34. The Balaban J connectivity index is 1.62. The first-order valence-electron chi connectivity index (χ1n) is 8.73. The van der Waals surface area contributed by atoms with Crippen LogP contribution >= 0.6 is 11.6 Å². The Morgan fingerprint density at radius 3 is 2.52 bits per heavy atom. The molecule has 4 nitrogen and oxygen atoms in total. The highest BCUT2D eigenvalue weighted by atomic mass is 35.5. The van der Waals surface area contributed by atoms with Gasteiger partial charge in [-0.15, -0.1) is 0 Å². The molecule has 0 radical (unpaired) electrons. The first-order valence-corrected chi connectivity index (χ1v) is 9.11. The van der Waals surface area contributed by atoms with Crippen LogP contribution in [0.1, 0.15) is 18.1 Å². The molecule has 5 heteroatoms. The third-order valence-electron chi connectivity index (χ3n) is 4.71. The van der Waals surface area contributed by atoms with Gasteiger partial charge in [-0.1, -0.05) is 42.8 Å². The van der Waals surface area contributed by atoms with E-state index in [9.17, 15) is 4.79 Å². The van der Waals surface area contributed by atoms with Crippen molar-refractivity contribution in [2.75, 3.05) is 36.4 Å². The first kappa shape index (κ1) is 17.6. The minimum absolute atomic E-state index is 0.0188. The molecular formula is C20H24ClN3O. The number of anilines is 2. The molecule has 0 aromatic heterocycles. The van der Waals surface area contributed by atoms with Gasteiger partial charge in [0, 0.05) is 42.6 Å². The predicted molar refractivity (Wildman–Crippen MR) is 105 cm³/mol. The molecule has 2 amide bonds. The van der Waals surface area contributed by atoms with E-state index in [-0.39, 0.29) is 6.03 Å². The minimum atomic E-state index is -0.0188. The van der Waals surface area contributed by atoms with Gasteiger partial charge >= 0.3 is 6.03 Å². The van der Waals surface area contributed by atoms with Crippen LogP contribution in [0.25, 0.3) is 0 Å². The lowest BCUT2D eigenvalue weighted by molar-refractivity contribution is 0.208. The lowest BCUT2D eigenvalue weighted by Gasteiger charge is -2.36. The van der Waals surface area contributed by atoms with Crippen molar-refractivity contribution < 1.29 is 4.79 Å². The number of nitrogens with zero attached hydrogens (tertiary/aromatic N) is 2. The van der Waals surface area contributed by atoms with Crippen LogP contribution < -0.4 is 10.2 Å². The summed E-state index contributed by atoms with van der Waals surface area (Å²) in [5, 5.41) is 3.85. The van der Waals surface area contributed by atoms with Gasteiger partial charge in [0.2, 0.25) is 0 Å². The van der Waals surface area contributed by atoms with E-state index in [1.54, 1.807) is 0 Å². The smallest absolute Gasteiger partial charge is 0.321 e. The van der Waals surface area contributed by atoms with Gasteiger partial charge in [0.25, 0.3) is 0 Å². The van der Waals surface area contributed by atoms with E-state index < -0.39 is 0 Å². The second kappa shape index (κ2) is 7.79. The fourth-order valence-electron chi connectivity index (χ4n) is 3.23. The van der Waals surface area contributed by atoms with Gasteiger partial charge in [0.15, 0.2) is 0 Å². The Hall–Kier alpha value is -2.20. The van der Waals surface area contributed by atoms with Crippen LogP contribution in [0, 0.1) is 6.92 Å². The van der Waals surface area contributed by atoms with Gasteiger partial charge in [-0.3, -0.25) is 0 Å². The van der Waals surface area contributed by atoms with Crippen molar-refractivity contribution >= 4 is 29.0 Å². The van der Waals surface area contributed by atoms with E-state index in [4.69, 9.17) is 11.6 Å². The van der Waals surface area contributed by atoms with E-state index in [1.165, 1.54) is 5.56 Å². The maximum atomic E-state index is 12.7. The Morgan fingerprint density at radius 1 is 1.12 bits per heavy atom. The van der Waals surface area contributed by atoms with Crippen LogP contribution in [0.15, 0.2) is 42.5 Å². The number of benzene rings is 2. The molecule has 1 aliphatic rings. The van der Waals surface area contributed by atoms with Gasteiger partial charge in [-0.05, 0) is 42.7 Å². The number of urea groups is 1. The molecule has 3 rings (SSSR count). The van der Waals surface area contributed by atoms with Crippen molar-refractivity contribution in [3.05, 3.63) is 58.6 Å². The van der Waals surface area contributed by atoms with Crippen molar-refractivity contribution in [1.82, 2.24) is 4.90 Å². The lowest BCUT2D eigenvalue weighted by atomic mass is 10.1. The molecule has 1 aliphatic heterocycles.